The van der Waals surface area contributed by atoms with Gasteiger partial charge in [0.15, 0.2) is 39.6 Å². The molecule has 9 nitrogen and oxygen atoms in total. The number of aromatic nitrogens is 4. The fourth-order valence-electron chi connectivity index (χ4n) is 3.91. The number of aromatic amines is 1. The Morgan fingerprint density at radius 3 is 2.68 bits per heavy atom. The van der Waals surface area contributed by atoms with Gasteiger partial charge in [0.1, 0.15) is 0 Å². The average Bonchev–Trinajstić information content (AvgIpc) is 2.78. The molecule has 182 valence electrons. The highest BCUT2D eigenvalue weighted by Crippen LogP contribution is 2.27. The molecule has 3 heterocycles. The van der Waals surface area contributed by atoms with Gasteiger partial charge in [-0.15, -0.1) is 0 Å². The van der Waals surface area contributed by atoms with Crippen LogP contribution < -0.4 is 21.1 Å². The van der Waals surface area contributed by atoms with Gasteiger partial charge in [-0.3, -0.25) is 4.79 Å². The zero-order chi connectivity index (χ0) is 24.4. The van der Waals surface area contributed by atoms with Crippen LogP contribution in [-0.2, 0) is 5.75 Å². The number of anilines is 2. The minimum Gasteiger partial charge on any atom is -0.394 e. The van der Waals surface area contributed by atoms with E-state index in [0.717, 1.165) is 17.8 Å². The summed E-state index contributed by atoms with van der Waals surface area (Å²) in [6.07, 6.45) is 0. The Kier molecular flexibility index (Phi) is 7.29. The van der Waals surface area contributed by atoms with Crippen LogP contribution in [0.4, 0.5) is 20.4 Å². The molecule has 4 rings (SSSR count). The van der Waals surface area contributed by atoms with Gasteiger partial charge in [-0.05, 0) is 26.8 Å². The van der Waals surface area contributed by atoms with E-state index in [0.29, 0.717) is 24.4 Å². The second kappa shape index (κ2) is 10.2. The van der Waals surface area contributed by atoms with Gasteiger partial charge in [0.25, 0.3) is 5.56 Å². The second-order valence-electron chi connectivity index (χ2n) is 8.54. The molecule has 3 aromatic rings. The van der Waals surface area contributed by atoms with E-state index in [1.54, 1.807) is 6.92 Å². The molecule has 0 spiro atoms. The summed E-state index contributed by atoms with van der Waals surface area (Å²) >= 11 is 1.10. The molecule has 0 aliphatic carbocycles. The maximum absolute atomic E-state index is 14.0. The third-order valence-electron chi connectivity index (χ3n) is 5.42. The fraction of sp³-hybridized carbons (Fsp3) is 0.455. The molecule has 1 aliphatic heterocycles. The number of hydrogen-bond donors (Lipinski definition) is 4. The summed E-state index contributed by atoms with van der Waals surface area (Å²) in [4.78, 5) is 31.1. The lowest BCUT2D eigenvalue weighted by molar-refractivity contribution is 0.281. The van der Waals surface area contributed by atoms with Crippen LogP contribution >= 0.6 is 11.8 Å². The molecule has 0 unspecified atom stereocenters. The number of thioether (sulfide) groups is 1. The molecule has 2 aromatic heterocycles. The van der Waals surface area contributed by atoms with Gasteiger partial charge in [0, 0.05) is 42.5 Å². The third-order valence-corrected chi connectivity index (χ3v) is 6.31. The molecular weight excluding hydrogens is 464 g/mol. The summed E-state index contributed by atoms with van der Waals surface area (Å²) in [6, 6.07) is 4.02. The van der Waals surface area contributed by atoms with E-state index >= 15 is 0 Å². The fourth-order valence-corrected chi connectivity index (χ4v) is 4.73. The number of fused-ring (bicyclic) bond motifs is 1. The van der Waals surface area contributed by atoms with Crippen LogP contribution in [0.15, 0.2) is 28.2 Å². The lowest BCUT2D eigenvalue weighted by Gasteiger charge is -2.36. The largest absolute Gasteiger partial charge is 0.394 e. The quantitative estimate of drug-likeness (QED) is 0.291. The van der Waals surface area contributed by atoms with Crippen LogP contribution in [0.5, 0.6) is 0 Å². The van der Waals surface area contributed by atoms with E-state index < -0.39 is 11.6 Å². The van der Waals surface area contributed by atoms with Gasteiger partial charge in [-0.2, -0.15) is 0 Å². The molecule has 1 aromatic carbocycles. The normalized spacial score (nSPS) is 19.4. The van der Waals surface area contributed by atoms with E-state index in [-0.39, 0.29) is 58.2 Å². The van der Waals surface area contributed by atoms with Crippen LogP contribution in [0, 0.1) is 11.6 Å². The Morgan fingerprint density at radius 2 is 1.97 bits per heavy atom. The van der Waals surface area contributed by atoms with Gasteiger partial charge in [-0.25, -0.2) is 23.7 Å². The first kappa shape index (κ1) is 24.3. The number of hydrogen-bond acceptors (Lipinski definition) is 9. The predicted molar refractivity (Wildman–Crippen MR) is 128 cm³/mol. The topological polar surface area (TPSA) is 119 Å². The van der Waals surface area contributed by atoms with Crippen molar-refractivity contribution in [2.75, 3.05) is 29.9 Å². The molecule has 1 aliphatic rings. The number of rotatable bonds is 7. The van der Waals surface area contributed by atoms with Gasteiger partial charge < -0.3 is 25.6 Å². The van der Waals surface area contributed by atoms with Crippen LogP contribution in [-0.4, -0.2) is 62.9 Å². The van der Waals surface area contributed by atoms with Gasteiger partial charge >= 0.3 is 0 Å². The van der Waals surface area contributed by atoms with E-state index in [1.165, 1.54) is 12.1 Å². The van der Waals surface area contributed by atoms with Crippen molar-refractivity contribution in [3.8, 4) is 0 Å². The molecule has 3 atom stereocenters. The highest BCUT2D eigenvalue weighted by molar-refractivity contribution is 7.98. The van der Waals surface area contributed by atoms with Crippen molar-refractivity contribution >= 4 is 34.6 Å². The molecule has 1 saturated heterocycles. The maximum Gasteiger partial charge on any atom is 0.292 e. The molecule has 0 radical (unpaired) electrons. The Labute approximate surface area is 199 Å². The summed E-state index contributed by atoms with van der Waals surface area (Å²) in [7, 11) is 0. The standard InChI is InChI=1S/C22H27F2N7O2S/c1-11-7-31(8-12(2)25-11)20-21(33)28-19-17(27-20)18(26-13(3)9-32)29-22(30-19)34-10-14-5-4-6-15(23)16(14)24/h4-6,11-13,25,32H,7-10H2,1-3H3,(H2,26,28,29,30,33)/t11-,12+,13-/m1/s1. The molecule has 0 amide bonds. The summed E-state index contributed by atoms with van der Waals surface area (Å²) in [5, 5.41) is 16.3. The van der Waals surface area contributed by atoms with Crippen molar-refractivity contribution in [3.63, 3.8) is 0 Å². The van der Waals surface area contributed by atoms with E-state index in [1.807, 2.05) is 18.7 Å². The second-order valence-corrected chi connectivity index (χ2v) is 9.49. The lowest BCUT2D eigenvalue weighted by atomic mass is 10.1. The monoisotopic (exact) mass is 491 g/mol. The molecule has 1 fully saturated rings. The maximum atomic E-state index is 14.0. The number of aliphatic hydroxyl groups excluding tert-OH is 1. The number of H-pyrrole nitrogens is 1. The van der Waals surface area contributed by atoms with Gasteiger partial charge in [0.2, 0.25) is 0 Å². The molecule has 0 saturated carbocycles. The van der Waals surface area contributed by atoms with Crippen molar-refractivity contribution in [2.45, 2.75) is 49.8 Å². The third kappa shape index (κ3) is 5.29. The number of aliphatic hydroxyl groups is 1. The van der Waals surface area contributed by atoms with Crippen molar-refractivity contribution in [2.24, 2.45) is 0 Å². The number of nitrogens with one attached hydrogen (secondary N) is 3. The highest BCUT2D eigenvalue weighted by atomic mass is 32.2. The first-order valence-electron chi connectivity index (χ1n) is 11.0. The van der Waals surface area contributed by atoms with Crippen molar-refractivity contribution in [1.29, 1.82) is 0 Å². The zero-order valence-corrected chi connectivity index (χ0v) is 19.9. The average molecular weight is 492 g/mol. The van der Waals surface area contributed by atoms with E-state index in [4.69, 9.17) is 0 Å². The van der Waals surface area contributed by atoms with Crippen molar-refractivity contribution in [1.82, 2.24) is 25.3 Å². The SMILES string of the molecule is C[C@H](CO)Nc1nc(SCc2cccc(F)c2F)nc2[nH]c(=O)c(N3C[C@@H](C)N[C@@H](C)C3)nc12. The van der Waals surface area contributed by atoms with Crippen LogP contribution in [0.3, 0.4) is 0 Å². The van der Waals surface area contributed by atoms with E-state index in [9.17, 15) is 18.7 Å². The number of benzene rings is 1. The number of nitrogens with zero attached hydrogens (tertiary/aromatic N) is 4. The van der Waals surface area contributed by atoms with Gasteiger partial charge in [-0.1, -0.05) is 23.9 Å². The minimum atomic E-state index is -0.922. The lowest BCUT2D eigenvalue weighted by Crippen LogP contribution is -2.55. The molecule has 12 heteroatoms. The zero-order valence-electron chi connectivity index (χ0n) is 19.1. The summed E-state index contributed by atoms with van der Waals surface area (Å²) in [6.45, 7) is 6.95. The van der Waals surface area contributed by atoms with Gasteiger partial charge in [0.05, 0.1) is 6.61 Å². The van der Waals surface area contributed by atoms with Crippen molar-refractivity contribution < 1.29 is 13.9 Å². The Morgan fingerprint density at radius 1 is 1.24 bits per heavy atom. The van der Waals surface area contributed by atoms with Crippen LogP contribution in [0.2, 0.25) is 0 Å². The molecular formula is C22H27F2N7O2S. The first-order valence-corrected chi connectivity index (χ1v) is 12.0. The van der Waals surface area contributed by atoms with Crippen LogP contribution in [0.1, 0.15) is 26.3 Å². The Bertz CT molecular complexity index is 1230. The van der Waals surface area contributed by atoms with Crippen molar-refractivity contribution in [3.05, 3.63) is 45.8 Å². The summed E-state index contributed by atoms with van der Waals surface area (Å²) < 4.78 is 27.6. The minimum absolute atomic E-state index is 0.0936. The summed E-state index contributed by atoms with van der Waals surface area (Å²) in [5.74, 6) is -1.13. The summed E-state index contributed by atoms with van der Waals surface area (Å²) in [5.41, 5.74) is 0.376. The number of halogens is 2. The smallest absolute Gasteiger partial charge is 0.292 e. The first-order chi connectivity index (χ1) is 16.2. The molecule has 0 bridgehead atoms. The predicted octanol–water partition coefficient (Wildman–Crippen LogP) is 2.26. The molecule has 34 heavy (non-hydrogen) atoms. The Balaban J connectivity index is 1.72. The highest BCUT2D eigenvalue weighted by Gasteiger charge is 2.25. The Hall–Kier alpha value is -2.83. The van der Waals surface area contributed by atoms with E-state index in [2.05, 4.69) is 30.6 Å². The molecule has 4 N–H and O–H groups in total. The number of piperazine rings is 1. The van der Waals surface area contributed by atoms with Crippen LogP contribution in [0.25, 0.3) is 11.2 Å².